The van der Waals surface area contributed by atoms with Crippen LogP contribution in [0.2, 0.25) is 0 Å². The van der Waals surface area contributed by atoms with Gasteiger partial charge in [-0.3, -0.25) is 0 Å². The highest BCUT2D eigenvalue weighted by Crippen LogP contribution is 2.38. The summed E-state index contributed by atoms with van der Waals surface area (Å²) < 4.78 is 13.8. The highest BCUT2D eigenvalue weighted by atomic mass is 19.1. The summed E-state index contributed by atoms with van der Waals surface area (Å²) >= 11 is 0. The lowest BCUT2D eigenvalue weighted by Crippen LogP contribution is -2.45. The summed E-state index contributed by atoms with van der Waals surface area (Å²) in [7, 11) is 0. The average molecular weight is 273 g/mol. The minimum atomic E-state index is -0.361. The second-order valence-electron chi connectivity index (χ2n) is 5.81. The molecule has 4 heteroatoms. The molecule has 106 valence electrons. The van der Waals surface area contributed by atoms with Gasteiger partial charge in [0.05, 0.1) is 5.57 Å². The summed E-state index contributed by atoms with van der Waals surface area (Å²) in [5.41, 5.74) is 2.56. The van der Waals surface area contributed by atoms with E-state index in [0.29, 0.717) is 5.92 Å². The smallest absolute Gasteiger partial charge is 0.140 e. The summed E-state index contributed by atoms with van der Waals surface area (Å²) in [5.74, 6) is 0.152. The third-order valence-electron chi connectivity index (χ3n) is 4.57. The van der Waals surface area contributed by atoms with Gasteiger partial charge in [-0.1, -0.05) is 11.6 Å². The summed E-state index contributed by atoms with van der Waals surface area (Å²) in [5, 5.41) is 12.5. The number of nitrogens with one attached hydrogen (secondary N) is 1. The van der Waals surface area contributed by atoms with E-state index >= 15 is 0 Å². The fourth-order valence-corrected chi connectivity index (χ4v) is 3.40. The molecule has 2 bridgehead atoms. The Morgan fingerprint density at radius 2 is 2.15 bits per heavy atom. The molecular formula is C16H20FN3. The van der Waals surface area contributed by atoms with Crippen LogP contribution in [0.4, 0.5) is 4.39 Å². The molecule has 0 aromatic carbocycles. The Morgan fingerprint density at radius 1 is 1.35 bits per heavy atom. The number of nitrogens with zero attached hydrogens (tertiary/aromatic N) is 2. The van der Waals surface area contributed by atoms with Crippen molar-refractivity contribution < 1.29 is 4.39 Å². The number of piperazine rings is 1. The summed E-state index contributed by atoms with van der Waals surface area (Å²) in [6.07, 6.45) is 6.07. The van der Waals surface area contributed by atoms with Crippen LogP contribution in [0.25, 0.3) is 0 Å². The summed E-state index contributed by atoms with van der Waals surface area (Å²) in [6, 6.07) is 2.03. The third-order valence-corrected chi connectivity index (χ3v) is 4.57. The van der Waals surface area contributed by atoms with E-state index in [2.05, 4.69) is 10.2 Å². The zero-order valence-corrected chi connectivity index (χ0v) is 11.7. The van der Waals surface area contributed by atoms with Gasteiger partial charge in [-0.05, 0) is 36.8 Å². The van der Waals surface area contributed by atoms with Gasteiger partial charge in [0.1, 0.15) is 11.9 Å². The van der Waals surface area contributed by atoms with Crippen molar-refractivity contribution in [3.63, 3.8) is 0 Å². The molecule has 3 rings (SSSR count). The first-order valence-electron chi connectivity index (χ1n) is 7.39. The van der Waals surface area contributed by atoms with Crippen molar-refractivity contribution in [1.82, 2.24) is 10.2 Å². The standard InChI is InChI=1S/C16H20FN3/c17-16-4-3-12-9-13(15(16)10-18)1-2-14(12)11-20-7-5-19-6-8-20/h3-4,14,19H,1-2,5-9,11H2. The van der Waals surface area contributed by atoms with Gasteiger partial charge in [-0.25, -0.2) is 4.39 Å². The number of halogens is 1. The zero-order valence-electron chi connectivity index (χ0n) is 11.7. The first kappa shape index (κ1) is 13.5. The maximum Gasteiger partial charge on any atom is 0.140 e. The van der Waals surface area contributed by atoms with E-state index < -0.39 is 0 Å². The Hall–Kier alpha value is -1.44. The number of rotatable bonds is 2. The van der Waals surface area contributed by atoms with Crippen LogP contribution in [0.15, 0.2) is 34.7 Å². The van der Waals surface area contributed by atoms with Crippen LogP contribution in [0.1, 0.15) is 19.3 Å². The number of nitriles is 1. The molecule has 2 fully saturated rings. The topological polar surface area (TPSA) is 39.1 Å². The van der Waals surface area contributed by atoms with Crippen LogP contribution in [0.3, 0.4) is 0 Å². The highest BCUT2D eigenvalue weighted by Gasteiger charge is 2.28. The maximum atomic E-state index is 13.8. The molecule has 1 aliphatic heterocycles. The highest BCUT2D eigenvalue weighted by molar-refractivity contribution is 5.48. The lowest BCUT2D eigenvalue weighted by Gasteiger charge is -2.34. The summed E-state index contributed by atoms with van der Waals surface area (Å²) in [4.78, 5) is 2.49. The predicted molar refractivity (Wildman–Crippen MR) is 76.6 cm³/mol. The fourth-order valence-electron chi connectivity index (χ4n) is 3.40. The fraction of sp³-hybridized carbons (Fsp3) is 0.562. The van der Waals surface area contributed by atoms with Crippen LogP contribution >= 0.6 is 0 Å². The van der Waals surface area contributed by atoms with E-state index in [0.717, 1.165) is 57.6 Å². The average Bonchev–Trinajstić information content (AvgIpc) is 2.60. The number of allylic oxidation sites excluding steroid dienone is 5. The molecule has 0 amide bonds. The predicted octanol–water partition coefficient (Wildman–Crippen LogP) is 2.31. The molecule has 0 radical (unpaired) electrons. The van der Waals surface area contributed by atoms with Crippen molar-refractivity contribution in [2.75, 3.05) is 32.7 Å². The van der Waals surface area contributed by atoms with E-state index in [4.69, 9.17) is 5.26 Å². The molecule has 1 N–H and O–H groups in total. The Balaban J connectivity index is 1.75. The van der Waals surface area contributed by atoms with Crippen molar-refractivity contribution >= 4 is 0 Å². The molecule has 1 atom stereocenters. The van der Waals surface area contributed by atoms with Gasteiger partial charge in [0.15, 0.2) is 0 Å². The third kappa shape index (κ3) is 2.70. The summed E-state index contributed by atoms with van der Waals surface area (Å²) in [6.45, 7) is 5.38. The van der Waals surface area contributed by atoms with Gasteiger partial charge in [-0.15, -0.1) is 0 Å². The Labute approximate surface area is 119 Å². The van der Waals surface area contributed by atoms with Gasteiger partial charge in [0, 0.05) is 32.7 Å². The molecule has 3 aliphatic rings. The van der Waals surface area contributed by atoms with Gasteiger partial charge < -0.3 is 10.2 Å². The van der Waals surface area contributed by atoms with Gasteiger partial charge in [0.25, 0.3) is 0 Å². The van der Waals surface area contributed by atoms with Crippen molar-refractivity contribution in [1.29, 1.82) is 5.26 Å². The minimum Gasteiger partial charge on any atom is -0.314 e. The second-order valence-corrected chi connectivity index (χ2v) is 5.81. The molecule has 3 nitrogen and oxygen atoms in total. The normalized spacial score (nSPS) is 27.5. The van der Waals surface area contributed by atoms with E-state index in [9.17, 15) is 4.39 Å². The van der Waals surface area contributed by atoms with Crippen LogP contribution in [0, 0.1) is 17.2 Å². The largest absolute Gasteiger partial charge is 0.314 e. The van der Waals surface area contributed by atoms with Crippen molar-refractivity contribution in [2.24, 2.45) is 5.92 Å². The molecule has 1 heterocycles. The molecule has 1 unspecified atom stereocenters. The van der Waals surface area contributed by atoms with Crippen LogP contribution < -0.4 is 5.32 Å². The van der Waals surface area contributed by atoms with E-state index in [1.165, 1.54) is 11.6 Å². The Bertz CT molecular complexity index is 518. The van der Waals surface area contributed by atoms with E-state index in [1.807, 2.05) is 12.1 Å². The molecule has 0 aromatic heterocycles. The maximum absolute atomic E-state index is 13.8. The molecule has 1 saturated heterocycles. The number of hydrogen-bond donors (Lipinski definition) is 1. The zero-order chi connectivity index (χ0) is 13.9. The first-order chi connectivity index (χ1) is 9.78. The number of hydrogen-bond acceptors (Lipinski definition) is 3. The minimum absolute atomic E-state index is 0.275. The first-order valence-corrected chi connectivity index (χ1v) is 7.39. The van der Waals surface area contributed by atoms with Gasteiger partial charge in [-0.2, -0.15) is 5.26 Å². The van der Waals surface area contributed by atoms with Gasteiger partial charge >= 0.3 is 0 Å². The molecular weight excluding hydrogens is 253 g/mol. The van der Waals surface area contributed by atoms with Crippen molar-refractivity contribution in [3.05, 3.63) is 34.7 Å². The van der Waals surface area contributed by atoms with Crippen LogP contribution in [-0.2, 0) is 0 Å². The van der Waals surface area contributed by atoms with E-state index in [-0.39, 0.29) is 11.4 Å². The lowest BCUT2D eigenvalue weighted by molar-refractivity contribution is 0.208. The van der Waals surface area contributed by atoms with Crippen molar-refractivity contribution in [3.8, 4) is 6.07 Å². The molecule has 0 spiro atoms. The Kier molecular flexibility index (Phi) is 4.00. The monoisotopic (exact) mass is 273 g/mol. The lowest BCUT2D eigenvalue weighted by atomic mass is 9.80. The van der Waals surface area contributed by atoms with Crippen LogP contribution in [-0.4, -0.2) is 37.6 Å². The van der Waals surface area contributed by atoms with Gasteiger partial charge in [0.2, 0.25) is 0 Å². The molecule has 1 saturated carbocycles. The number of fused-ring (bicyclic) bond motifs is 2. The molecule has 20 heavy (non-hydrogen) atoms. The molecule has 2 aliphatic carbocycles. The van der Waals surface area contributed by atoms with Crippen molar-refractivity contribution in [2.45, 2.75) is 19.3 Å². The SMILES string of the molecule is N#CC1=C2CCC(CN3CCNCC3)C(=CC=C1F)C2. The Morgan fingerprint density at radius 3 is 2.90 bits per heavy atom. The molecule has 0 aromatic rings. The quantitative estimate of drug-likeness (QED) is 0.839. The second kappa shape index (κ2) is 5.90. The van der Waals surface area contributed by atoms with Crippen LogP contribution in [0.5, 0.6) is 0 Å². The van der Waals surface area contributed by atoms with E-state index in [1.54, 1.807) is 0 Å².